The topological polar surface area (TPSA) is 94.8 Å². The van der Waals surface area contributed by atoms with Crippen LogP contribution in [0, 0.1) is 22.7 Å². The van der Waals surface area contributed by atoms with E-state index in [1.807, 2.05) is 13.0 Å². The van der Waals surface area contributed by atoms with Crippen LogP contribution in [0.15, 0.2) is 11.6 Å². The summed E-state index contributed by atoms with van der Waals surface area (Å²) >= 11 is 0. The quantitative estimate of drug-likeness (QED) is 0.683. The summed E-state index contributed by atoms with van der Waals surface area (Å²) < 4.78 is 0. The second-order valence-electron chi connectivity index (χ2n) is 9.76. The molecular formula is C22H34O5. The number of rotatable bonds is 5. The lowest BCUT2D eigenvalue weighted by Crippen LogP contribution is -2.55. The van der Waals surface area contributed by atoms with Gasteiger partial charge in [0.25, 0.3) is 0 Å². The number of carbonyl (C=O) groups excluding carboxylic acids is 2. The standard InChI is InChI=1S/C22H34O5/c1-14(24)11-21(3)18(7-9-22(21,27)19(26)13-23)15-4-5-16-10-17(25)6-8-20(16,2)12-15/h10,14-15,18,23-24,27H,4-9,11-13H2,1-3H3/t14-,15-,18+,20-,21+,22+/m1/s1. The highest BCUT2D eigenvalue weighted by molar-refractivity contribution is 5.91. The molecule has 3 aliphatic carbocycles. The van der Waals surface area contributed by atoms with E-state index in [1.165, 1.54) is 5.57 Å². The second kappa shape index (κ2) is 7.09. The lowest BCUT2D eigenvalue weighted by molar-refractivity contribution is -0.159. The van der Waals surface area contributed by atoms with E-state index in [-0.39, 0.29) is 17.1 Å². The first-order chi connectivity index (χ1) is 12.6. The fourth-order valence-corrected chi connectivity index (χ4v) is 6.53. The first kappa shape index (κ1) is 20.7. The van der Waals surface area contributed by atoms with Gasteiger partial charge in [0, 0.05) is 11.8 Å². The van der Waals surface area contributed by atoms with Crippen molar-refractivity contribution in [2.75, 3.05) is 6.61 Å². The Balaban J connectivity index is 1.90. The maximum absolute atomic E-state index is 12.5. The minimum absolute atomic E-state index is 0.0181. The Morgan fingerprint density at radius 2 is 1.96 bits per heavy atom. The van der Waals surface area contributed by atoms with Gasteiger partial charge in [-0.2, -0.15) is 0 Å². The summed E-state index contributed by atoms with van der Waals surface area (Å²) in [6, 6.07) is 0. The van der Waals surface area contributed by atoms with Crippen molar-refractivity contribution in [2.24, 2.45) is 22.7 Å². The van der Waals surface area contributed by atoms with E-state index in [2.05, 4.69) is 6.92 Å². The van der Waals surface area contributed by atoms with Crippen LogP contribution in [-0.2, 0) is 9.59 Å². The van der Waals surface area contributed by atoms with Crippen LogP contribution >= 0.6 is 0 Å². The molecule has 2 saturated carbocycles. The van der Waals surface area contributed by atoms with Crippen molar-refractivity contribution in [3.8, 4) is 0 Å². The Morgan fingerprint density at radius 1 is 1.26 bits per heavy atom. The van der Waals surface area contributed by atoms with Gasteiger partial charge >= 0.3 is 0 Å². The van der Waals surface area contributed by atoms with Crippen molar-refractivity contribution in [1.82, 2.24) is 0 Å². The van der Waals surface area contributed by atoms with Crippen LogP contribution < -0.4 is 0 Å². The summed E-state index contributed by atoms with van der Waals surface area (Å²) in [7, 11) is 0. The summed E-state index contributed by atoms with van der Waals surface area (Å²) in [5.41, 5.74) is -1.06. The number of aliphatic hydroxyl groups is 3. The molecule has 152 valence electrons. The first-order valence-electron chi connectivity index (χ1n) is 10.3. The molecule has 0 spiro atoms. The van der Waals surface area contributed by atoms with E-state index in [9.17, 15) is 24.9 Å². The molecule has 27 heavy (non-hydrogen) atoms. The third-order valence-electron chi connectivity index (χ3n) is 8.00. The first-order valence-corrected chi connectivity index (χ1v) is 10.3. The van der Waals surface area contributed by atoms with Crippen LogP contribution in [0.1, 0.15) is 72.1 Å². The average Bonchev–Trinajstić information content (AvgIpc) is 2.85. The van der Waals surface area contributed by atoms with Gasteiger partial charge in [0.2, 0.25) is 0 Å². The molecule has 3 rings (SSSR count). The third-order valence-corrected chi connectivity index (χ3v) is 8.00. The number of hydrogen-bond donors (Lipinski definition) is 3. The molecule has 0 aromatic heterocycles. The number of carbonyl (C=O) groups is 2. The van der Waals surface area contributed by atoms with Crippen molar-refractivity contribution in [2.45, 2.75) is 83.8 Å². The Hall–Kier alpha value is -1.04. The van der Waals surface area contributed by atoms with Gasteiger partial charge in [-0.25, -0.2) is 0 Å². The molecule has 0 aromatic carbocycles. The monoisotopic (exact) mass is 378 g/mol. The fraction of sp³-hybridized carbons (Fsp3) is 0.818. The summed E-state index contributed by atoms with van der Waals surface area (Å²) in [5, 5.41) is 30.8. The fourth-order valence-electron chi connectivity index (χ4n) is 6.53. The van der Waals surface area contributed by atoms with Crippen LogP contribution in [0.3, 0.4) is 0 Å². The van der Waals surface area contributed by atoms with Gasteiger partial charge in [-0.05, 0) is 75.2 Å². The summed E-state index contributed by atoms with van der Waals surface area (Å²) in [6.07, 6.45) is 6.87. The van der Waals surface area contributed by atoms with Crippen LogP contribution in [0.2, 0.25) is 0 Å². The Labute approximate surface area is 161 Å². The molecule has 5 nitrogen and oxygen atoms in total. The van der Waals surface area contributed by atoms with Gasteiger partial charge in [-0.15, -0.1) is 0 Å². The molecule has 0 aromatic rings. The summed E-state index contributed by atoms with van der Waals surface area (Å²) in [4.78, 5) is 24.3. The van der Waals surface area contributed by atoms with E-state index in [0.717, 1.165) is 32.1 Å². The second-order valence-corrected chi connectivity index (χ2v) is 9.76. The van der Waals surface area contributed by atoms with Crippen LogP contribution in [0.25, 0.3) is 0 Å². The van der Waals surface area contributed by atoms with E-state index in [1.54, 1.807) is 6.92 Å². The van der Waals surface area contributed by atoms with Crippen molar-refractivity contribution in [1.29, 1.82) is 0 Å². The van der Waals surface area contributed by atoms with Crippen molar-refractivity contribution < 1.29 is 24.9 Å². The molecule has 0 unspecified atom stereocenters. The number of Topliss-reactive ketones (excluding diaryl/α,β-unsaturated/α-hetero) is 1. The summed E-state index contributed by atoms with van der Waals surface area (Å²) in [6.45, 7) is 5.18. The van der Waals surface area contributed by atoms with Crippen molar-refractivity contribution in [3.63, 3.8) is 0 Å². The number of fused-ring (bicyclic) bond motifs is 1. The van der Waals surface area contributed by atoms with Crippen molar-refractivity contribution >= 4 is 11.6 Å². The van der Waals surface area contributed by atoms with Crippen LogP contribution in [0.4, 0.5) is 0 Å². The molecule has 5 heteroatoms. The van der Waals surface area contributed by atoms with E-state index in [4.69, 9.17) is 0 Å². The number of allylic oxidation sites excluding steroid dienone is 2. The highest BCUT2D eigenvalue weighted by Gasteiger charge is 2.62. The van der Waals surface area contributed by atoms with Gasteiger partial charge in [0.15, 0.2) is 11.6 Å². The zero-order valence-electron chi connectivity index (χ0n) is 16.8. The molecule has 0 bridgehead atoms. The Bertz CT molecular complexity index is 653. The van der Waals surface area contributed by atoms with Gasteiger partial charge in [0.05, 0.1) is 6.10 Å². The molecule has 0 saturated heterocycles. The number of hydrogen-bond acceptors (Lipinski definition) is 5. The Kier molecular flexibility index (Phi) is 5.43. The van der Waals surface area contributed by atoms with Crippen molar-refractivity contribution in [3.05, 3.63) is 11.6 Å². The molecule has 3 aliphatic rings. The SMILES string of the molecule is C[C@@H](O)C[C@@]1(C)[C@H]([C@@H]2CCC3=CC(=O)CC[C@]3(C)C2)CC[C@]1(O)C(=O)CO. The minimum Gasteiger partial charge on any atom is -0.393 e. The lowest BCUT2D eigenvalue weighted by Gasteiger charge is -2.50. The predicted octanol–water partition coefficient (Wildman–Crippen LogP) is 2.56. The lowest BCUT2D eigenvalue weighted by atomic mass is 9.55. The molecule has 0 heterocycles. The largest absolute Gasteiger partial charge is 0.393 e. The highest BCUT2D eigenvalue weighted by Crippen LogP contribution is 2.61. The maximum Gasteiger partial charge on any atom is 0.190 e. The van der Waals surface area contributed by atoms with E-state index >= 15 is 0 Å². The number of ketones is 2. The van der Waals surface area contributed by atoms with E-state index < -0.39 is 29.5 Å². The van der Waals surface area contributed by atoms with Gasteiger partial charge in [-0.3, -0.25) is 9.59 Å². The zero-order valence-corrected chi connectivity index (χ0v) is 16.8. The van der Waals surface area contributed by atoms with Gasteiger partial charge in [0.1, 0.15) is 12.2 Å². The Morgan fingerprint density at radius 3 is 2.59 bits per heavy atom. The van der Waals surface area contributed by atoms with Crippen LogP contribution in [-0.4, -0.2) is 45.2 Å². The van der Waals surface area contributed by atoms with Crippen LogP contribution in [0.5, 0.6) is 0 Å². The smallest absolute Gasteiger partial charge is 0.190 e. The molecule has 0 radical (unpaired) electrons. The molecule has 6 atom stereocenters. The predicted molar refractivity (Wildman–Crippen MR) is 102 cm³/mol. The summed E-state index contributed by atoms with van der Waals surface area (Å²) in [5.74, 6) is 0.149. The van der Waals surface area contributed by atoms with Gasteiger partial charge < -0.3 is 15.3 Å². The molecule has 0 aliphatic heterocycles. The normalized spacial score (nSPS) is 43.2. The zero-order chi connectivity index (χ0) is 20.0. The minimum atomic E-state index is -1.58. The highest BCUT2D eigenvalue weighted by atomic mass is 16.3. The molecule has 3 N–H and O–H groups in total. The molecule has 0 amide bonds. The van der Waals surface area contributed by atoms with Gasteiger partial charge in [-0.1, -0.05) is 19.4 Å². The van der Waals surface area contributed by atoms with E-state index in [0.29, 0.717) is 25.2 Å². The average molecular weight is 379 g/mol. The third kappa shape index (κ3) is 3.32. The maximum atomic E-state index is 12.5. The molecule has 2 fully saturated rings. The molecular weight excluding hydrogens is 344 g/mol. The number of aliphatic hydroxyl groups excluding tert-OH is 2.